The van der Waals surface area contributed by atoms with Crippen LogP contribution in [0.1, 0.15) is 25.1 Å². The van der Waals surface area contributed by atoms with Gasteiger partial charge in [0.25, 0.3) is 0 Å². The second-order valence-electron chi connectivity index (χ2n) is 3.00. The van der Waals surface area contributed by atoms with E-state index in [9.17, 15) is 13.2 Å². The fourth-order valence-electron chi connectivity index (χ4n) is 0.966. The summed E-state index contributed by atoms with van der Waals surface area (Å²) >= 11 is 0. The van der Waals surface area contributed by atoms with Crippen LogP contribution in [0.25, 0.3) is 0 Å². The second-order valence-corrected chi connectivity index (χ2v) is 3.00. The van der Waals surface area contributed by atoms with Crippen molar-refractivity contribution in [2.75, 3.05) is 13.1 Å². The Kier molecular flexibility index (Phi) is 4.07. The molecule has 0 spiro atoms. The first-order chi connectivity index (χ1) is 7.04. The number of hydrogen-bond donors (Lipinski definition) is 1. The molecule has 0 fully saturated rings. The molecule has 1 N–H and O–H groups in total. The molecule has 7 heteroatoms. The van der Waals surface area contributed by atoms with Crippen LogP contribution in [0.5, 0.6) is 0 Å². The number of aromatic nitrogens is 2. The Morgan fingerprint density at radius 3 is 2.53 bits per heavy atom. The van der Waals surface area contributed by atoms with Gasteiger partial charge in [-0.2, -0.15) is 13.2 Å². The maximum absolute atomic E-state index is 12.0. The van der Waals surface area contributed by atoms with E-state index in [0.29, 0.717) is 13.0 Å². The van der Waals surface area contributed by atoms with Crippen molar-refractivity contribution in [3.05, 3.63) is 11.8 Å². The summed E-state index contributed by atoms with van der Waals surface area (Å²) in [6, 6.07) is 0. The summed E-state index contributed by atoms with van der Waals surface area (Å²) in [5, 5.41) is 9.24. The van der Waals surface area contributed by atoms with Crippen LogP contribution in [0.3, 0.4) is 0 Å². The molecule has 1 rings (SSSR count). The maximum Gasteiger partial charge on any atom is 0.470 e. The zero-order valence-electron chi connectivity index (χ0n) is 8.26. The fraction of sp³-hybridized carbons (Fsp3) is 0.750. The largest absolute Gasteiger partial charge is 0.470 e. The van der Waals surface area contributed by atoms with Gasteiger partial charge < -0.3 is 9.73 Å². The predicted octanol–water partition coefficient (Wildman–Crippen LogP) is 1.63. The molecule has 0 saturated heterocycles. The van der Waals surface area contributed by atoms with Crippen LogP contribution >= 0.6 is 0 Å². The molecule has 0 aliphatic rings. The number of rotatable bonds is 5. The molecule has 0 aromatic carbocycles. The average Bonchev–Trinajstić information content (AvgIpc) is 2.60. The van der Waals surface area contributed by atoms with Crippen molar-refractivity contribution in [1.29, 1.82) is 0 Å². The third-order valence-corrected chi connectivity index (χ3v) is 1.65. The second kappa shape index (κ2) is 5.11. The molecule has 0 radical (unpaired) electrons. The molecule has 1 aromatic heterocycles. The Bertz CT molecular complexity index is 298. The molecule has 86 valence electrons. The lowest BCUT2D eigenvalue weighted by Crippen LogP contribution is -2.17. The lowest BCUT2D eigenvalue weighted by molar-refractivity contribution is -0.157. The van der Waals surface area contributed by atoms with Gasteiger partial charge in [0.1, 0.15) is 0 Å². The summed E-state index contributed by atoms with van der Waals surface area (Å²) < 4.78 is 40.5. The maximum atomic E-state index is 12.0. The molecular weight excluding hydrogens is 211 g/mol. The zero-order valence-corrected chi connectivity index (χ0v) is 8.26. The quantitative estimate of drug-likeness (QED) is 0.771. The minimum Gasteiger partial charge on any atom is -0.417 e. The first kappa shape index (κ1) is 12.0. The third-order valence-electron chi connectivity index (χ3n) is 1.65. The Morgan fingerprint density at radius 2 is 2.00 bits per heavy atom. The molecular formula is C8H12F3N3O. The zero-order chi connectivity index (χ0) is 11.3. The fourth-order valence-corrected chi connectivity index (χ4v) is 0.966. The van der Waals surface area contributed by atoms with E-state index in [1.165, 1.54) is 0 Å². The number of alkyl halides is 3. The summed E-state index contributed by atoms with van der Waals surface area (Å²) in [5.74, 6) is -1.28. The van der Waals surface area contributed by atoms with Gasteiger partial charge in [-0.3, -0.25) is 0 Å². The van der Waals surface area contributed by atoms with Crippen molar-refractivity contribution < 1.29 is 17.6 Å². The van der Waals surface area contributed by atoms with E-state index in [4.69, 9.17) is 0 Å². The first-order valence-corrected chi connectivity index (χ1v) is 4.64. The molecule has 0 unspecified atom stereocenters. The number of nitrogens with zero attached hydrogens (tertiary/aromatic N) is 2. The van der Waals surface area contributed by atoms with Crippen molar-refractivity contribution in [2.45, 2.75) is 25.9 Å². The van der Waals surface area contributed by atoms with Gasteiger partial charge in [-0.25, -0.2) is 0 Å². The lowest BCUT2D eigenvalue weighted by atomic mass is 10.4. The highest BCUT2D eigenvalue weighted by atomic mass is 19.4. The Hall–Kier alpha value is -1.11. The first-order valence-electron chi connectivity index (χ1n) is 4.64. The van der Waals surface area contributed by atoms with Gasteiger partial charge in [0.2, 0.25) is 5.89 Å². The van der Waals surface area contributed by atoms with Crippen molar-refractivity contribution in [1.82, 2.24) is 15.5 Å². The molecule has 0 aliphatic heterocycles. The van der Waals surface area contributed by atoms with Crippen molar-refractivity contribution in [3.63, 3.8) is 0 Å². The summed E-state index contributed by atoms with van der Waals surface area (Å²) in [4.78, 5) is 0. The van der Waals surface area contributed by atoms with E-state index in [1.54, 1.807) is 0 Å². The van der Waals surface area contributed by atoms with Crippen LogP contribution in [0, 0.1) is 0 Å². The van der Waals surface area contributed by atoms with Gasteiger partial charge in [-0.15, -0.1) is 10.2 Å². The summed E-state index contributed by atoms with van der Waals surface area (Å²) in [6.45, 7) is 3.36. The van der Waals surface area contributed by atoms with Crippen LogP contribution in [0.4, 0.5) is 13.2 Å². The minimum absolute atomic E-state index is 0.00549. The number of nitrogens with one attached hydrogen (secondary N) is 1. The SMILES string of the molecule is CCCNCCc1nnc(C(F)(F)F)o1. The van der Waals surface area contributed by atoms with Gasteiger partial charge in [-0.05, 0) is 13.0 Å². The van der Waals surface area contributed by atoms with Crippen LogP contribution in [-0.2, 0) is 12.6 Å². The Balaban J connectivity index is 2.40. The van der Waals surface area contributed by atoms with E-state index >= 15 is 0 Å². The van der Waals surface area contributed by atoms with Gasteiger partial charge in [-0.1, -0.05) is 6.92 Å². The van der Waals surface area contributed by atoms with E-state index in [-0.39, 0.29) is 5.89 Å². The highest BCUT2D eigenvalue weighted by Crippen LogP contribution is 2.27. The van der Waals surface area contributed by atoms with Gasteiger partial charge in [0, 0.05) is 13.0 Å². The summed E-state index contributed by atoms with van der Waals surface area (Å²) in [6.07, 6.45) is -3.27. The Labute approximate surface area is 84.9 Å². The highest BCUT2D eigenvalue weighted by molar-refractivity contribution is 4.86. The van der Waals surface area contributed by atoms with Crippen LogP contribution < -0.4 is 5.32 Å². The standard InChI is InChI=1S/C8H12F3N3O/c1-2-4-12-5-3-6-13-14-7(15-6)8(9,10)11/h12H,2-5H2,1H3. The van der Waals surface area contributed by atoms with Crippen molar-refractivity contribution in [3.8, 4) is 0 Å². The molecule has 15 heavy (non-hydrogen) atoms. The molecule has 0 aliphatic carbocycles. The minimum atomic E-state index is -4.55. The smallest absolute Gasteiger partial charge is 0.417 e. The van der Waals surface area contributed by atoms with E-state index in [2.05, 4.69) is 19.9 Å². The number of hydrogen-bond acceptors (Lipinski definition) is 4. The highest BCUT2D eigenvalue weighted by Gasteiger charge is 2.37. The molecule has 0 bridgehead atoms. The number of halogens is 3. The summed E-state index contributed by atoms with van der Waals surface area (Å²) in [5.41, 5.74) is 0. The third kappa shape index (κ3) is 3.86. The van der Waals surface area contributed by atoms with E-state index in [0.717, 1.165) is 13.0 Å². The average molecular weight is 223 g/mol. The topological polar surface area (TPSA) is 51.0 Å². The molecule has 0 amide bonds. The van der Waals surface area contributed by atoms with Gasteiger partial charge >= 0.3 is 12.1 Å². The molecule has 0 saturated carbocycles. The van der Waals surface area contributed by atoms with Crippen molar-refractivity contribution >= 4 is 0 Å². The predicted molar refractivity (Wildman–Crippen MR) is 46.2 cm³/mol. The van der Waals surface area contributed by atoms with E-state index < -0.39 is 12.1 Å². The monoisotopic (exact) mass is 223 g/mol. The van der Waals surface area contributed by atoms with Crippen LogP contribution in [-0.4, -0.2) is 23.3 Å². The summed E-state index contributed by atoms with van der Waals surface area (Å²) in [7, 11) is 0. The molecule has 1 aromatic rings. The Morgan fingerprint density at radius 1 is 1.27 bits per heavy atom. The van der Waals surface area contributed by atoms with Crippen LogP contribution in [0.2, 0.25) is 0 Å². The molecule has 0 atom stereocenters. The van der Waals surface area contributed by atoms with Crippen LogP contribution in [0.15, 0.2) is 4.42 Å². The lowest BCUT2D eigenvalue weighted by Gasteiger charge is -1.99. The molecule has 4 nitrogen and oxygen atoms in total. The normalized spacial score (nSPS) is 12.0. The van der Waals surface area contributed by atoms with E-state index in [1.807, 2.05) is 6.92 Å². The van der Waals surface area contributed by atoms with Crippen molar-refractivity contribution in [2.24, 2.45) is 0 Å². The van der Waals surface area contributed by atoms with Gasteiger partial charge in [0.15, 0.2) is 0 Å². The van der Waals surface area contributed by atoms with Gasteiger partial charge in [0.05, 0.1) is 0 Å². The molecule has 1 heterocycles.